The number of ether oxygens (including phenoxy) is 1. The standard InChI is InChI=1S/C26H31F3N6O2/c1-18-19(2)24(37-16-4-11-35-31-17-30-32-35)10-9-23(18)20(3)33-12-14-34(15-13-33)25(36)21-5-7-22(8-6-21)26(27,28)29/h5-10,17,20H,4,11-16H2,1-3H3/t20-/m1/s1. The largest absolute Gasteiger partial charge is 0.493 e. The van der Waals surface area contributed by atoms with Crippen molar-refractivity contribution in [3.8, 4) is 5.75 Å². The Balaban J connectivity index is 1.31. The molecule has 0 N–H and O–H groups in total. The van der Waals surface area contributed by atoms with E-state index in [-0.39, 0.29) is 17.5 Å². The topological polar surface area (TPSA) is 76.4 Å². The van der Waals surface area contributed by atoms with Crippen LogP contribution in [0.1, 0.15) is 52.0 Å². The van der Waals surface area contributed by atoms with E-state index in [1.807, 2.05) is 6.07 Å². The van der Waals surface area contributed by atoms with Crippen molar-refractivity contribution in [3.05, 3.63) is 70.5 Å². The first kappa shape index (κ1) is 26.6. The minimum absolute atomic E-state index is 0.148. The monoisotopic (exact) mass is 516 g/mol. The summed E-state index contributed by atoms with van der Waals surface area (Å²) in [5.74, 6) is 0.612. The Hall–Kier alpha value is -3.47. The number of aromatic nitrogens is 4. The Morgan fingerprint density at radius 2 is 1.73 bits per heavy atom. The van der Waals surface area contributed by atoms with Gasteiger partial charge in [0, 0.05) is 44.2 Å². The third kappa shape index (κ3) is 6.27. The van der Waals surface area contributed by atoms with Gasteiger partial charge in [-0.3, -0.25) is 9.69 Å². The number of piperazine rings is 1. The van der Waals surface area contributed by atoms with E-state index in [4.69, 9.17) is 4.74 Å². The Morgan fingerprint density at radius 1 is 1.03 bits per heavy atom. The first-order chi connectivity index (χ1) is 17.6. The molecule has 0 bridgehead atoms. The van der Waals surface area contributed by atoms with Crippen LogP contribution in [0, 0.1) is 13.8 Å². The van der Waals surface area contributed by atoms with Crippen molar-refractivity contribution in [3.63, 3.8) is 0 Å². The Bertz CT molecular complexity index is 1190. The molecule has 0 saturated carbocycles. The fraction of sp³-hybridized carbons (Fsp3) is 0.462. The van der Waals surface area contributed by atoms with Gasteiger partial charge in [0.05, 0.1) is 18.7 Å². The third-order valence-corrected chi connectivity index (χ3v) is 6.99. The van der Waals surface area contributed by atoms with E-state index in [0.717, 1.165) is 29.9 Å². The molecule has 0 unspecified atom stereocenters. The highest BCUT2D eigenvalue weighted by Crippen LogP contribution is 2.32. The molecule has 8 nitrogen and oxygen atoms in total. The molecular weight excluding hydrogens is 485 g/mol. The minimum Gasteiger partial charge on any atom is -0.493 e. The summed E-state index contributed by atoms with van der Waals surface area (Å²) in [4.78, 5) is 18.4. The summed E-state index contributed by atoms with van der Waals surface area (Å²) in [6.45, 7) is 9.89. The van der Waals surface area contributed by atoms with Crippen molar-refractivity contribution in [2.24, 2.45) is 0 Å². The van der Waals surface area contributed by atoms with Gasteiger partial charge in [0.1, 0.15) is 5.75 Å². The van der Waals surface area contributed by atoms with Crippen LogP contribution in [0.5, 0.6) is 5.75 Å². The minimum atomic E-state index is -4.42. The quantitative estimate of drug-likeness (QED) is 0.416. The zero-order valence-corrected chi connectivity index (χ0v) is 21.2. The van der Waals surface area contributed by atoms with Gasteiger partial charge in [-0.2, -0.15) is 18.0 Å². The molecule has 2 aromatic carbocycles. The van der Waals surface area contributed by atoms with Gasteiger partial charge < -0.3 is 9.64 Å². The highest BCUT2D eigenvalue weighted by molar-refractivity contribution is 5.94. The van der Waals surface area contributed by atoms with E-state index in [1.54, 1.807) is 4.90 Å². The molecule has 1 saturated heterocycles. The summed E-state index contributed by atoms with van der Waals surface area (Å²) in [7, 11) is 0. The number of aryl methyl sites for hydroxylation is 1. The van der Waals surface area contributed by atoms with E-state index >= 15 is 0 Å². The molecular formula is C26H31F3N6O2. The average Bonchev–Trinajstić information content (AvgIpc) is 3.41. The van der Waals surface area contributed by atoms with Crippen molar-refractivity contribution in [1.82, 2.24) is 30.0 Å². The van der Waals surface area contributed by atoms with Gasteiger partial charge in [-0.05, 0) is 73.0 Å². The number of carbonyl (C=O) groups excluding carboxylic acids is 1. The third-order valence-electron chi connectivity index (χ3n) is 6.99. The van der Waals surface area contributed by atoms with E-state index in [2.05, 4.69) is 47.1 Å². The highest BCUT2D eigenvalue weighted by atomic mass is 19.4. The second-order valence-electron chi connectivity index (χ2n) is 9.22. The Morgan fingerprint density at radius 3 is 2.35 bits per heavy atom. The first-order valence-electron chi connectivity index (χ1n) is 12.3. The zero-order chi connectivity index (χ0) is 26.6. The van der Waals surface area contributed by atoms with Crippen LogP contribution >= 0.6 is 0 Å². The molecule has 2 heterocycles. The number of hydrogen-bond acceptors (Lipinski definition) is 6. The van der Waals surface area contributed by atoms with Crippen molar-refractivity contribution >= 4 is 5.91 Å². The molecule has 1 fully saturated rings. The predicted molar refractivity (Wildman–Crippen MR) is 131 cm³/mol. The normalized spacial score (nSPS) is 15.6. The number of carbonyl (C=O) groups is 1. The number of alkyl halides is 3. The molecule has 1 atom stereocenters. The molecule has 0 radical (unpaired) electrons. The second kappa shape index (κ2) is 11.3. The van der Waals surface area contributed by atoms with Crippen LogP contribution in [0.4, 0.5) is 13.2 Å². The first-order valence-corrected chi connectivity index (χ1v) is 12.3. The van der Waals surface area contributed by atoms with Gasteiger partial charge in [0.25, 0.3) is 5.91 Å². The number of hydrogen-bond donors (Lipinski definition) is 0. The molecule has 1 aromatic heterocycles. The average molecular weight is 517 g/mol. The second-order valence-corrected chi connectivity index (χ2v) is 9.22. The summed E-state index contributed by atoms with van der Waals surface area (Å²) >= 11 is 0. The number of halogens is 3. The number of rotatable bonds is 8. The summed E-state index contributed by atoms with van der Waals surface area (Å²) < 4.78 is 44.4. The van der Waals surface area contributed by atoms with Gasteiger partial charge in [-0.15, -0.1) is 10.2 Å². The van der Waals surface area contributed by atoms with E-state index < -0.39 is 11.7 Å². The molecule has 0 spiro atoms. The van der Waals surface area contributed by atoms with Crippen LogP contribution in [-0.2, 0) is 12.7 Å². The zero-order valence-electron chi connectivity index (χ0n) is 21.2. The molecule has 1 amide bonds. The van der Waals surface area contributed by atoms with Crippen LogP contribution < -0.4 is 4.74 Å². The molecule has 1 aliphatic rings. The van der Waals surface area contributed by atoms with Crippen LogP contribution in [0.25, 0.3) is 0 Å². The number of amides is 1. The van der Waals surface area contributed by atoms with Crippen molar-refractivity contribution in [2.75, 3.05) is 32.8 Å². The number of nitrogens with zero attached hydrogens (tertiary/aromatic N) is 6. The molecule has 37 heavy (non-hydrogen) atoms. The lowest BCUT2D eigenvalue weighted by Crippen LogP contribution is -2.49. The molecule has 3 aromatic rings. The van der Waals surface area contributed by atoms with Crippen LogP contribution in [-0.4, -0.2) is 68.7 Å². The molecule has 198 valence electrons. The smallest absolute Gasteiger partial charge is 0.416 e. The van der Waals surface area contributed by atoms with Gasteiger partial charge in [0.15, 0.2) is 6.33 Å². The van der Waals surface area contributed by atoms with Gasteiger partial charge in [0.2, 0.25) is 0 Å². The van der Waals surface area contributed by atoms with Crippen molar-refractivity contribution in [2.45, 2.75) is 46.0 Å². The summed E-state index contributed by atoms with van der Waals surface area (Å²) in [5.41, 5.74) is 2.99. The molecule has 0 aliphatic carbocycles. The van der Waals surface area contributed by atoms with E-state index in [1.165, 1.54) is 34.4 Å². The van der Waals surface area contributed by atoms with E-state index in [9.17, 15) is 18.0 Å². The lowest BCUT2D eigenvalue weighted by atomic mass is 9.96. The van der Waals surface area contributed by atoms with Crippen molar-refractivity contribution in [1.29, 1.82) is 0 Å². The number of benzene rings is 2. The van der Waals surface area contributed by atoms with Gasteiger partial charge >= 0.3 is 6.18 Å². The molecule has 4 rings (SSSR count). The maximum absolute atomic E-state index is 12.8. The summed E-state index contributed by atoms with van der Waals surface area (Å²) in [6, 6.07) is 8.67. The lowest BCUT2D eigenvalue weighted by Gasteiger charge is -2.39. The highest BCUT2D eigenvalue weighted by Gasteiger charge is 2.31. The fourth-order valence-electron chi connectivity index (χ4n) is 4.60. The summed E-state index contributed by atoms with van der Waals surface area (Å²) in [6.07, 6.45) is -2.24. The number of tetrazole rings is 1. The van der Waals surface area contributed by atoms with Crippen LogP contribution in [0.15, 0.2) is 42.7 Å². The maximum Gasteiger partial charge on any atom is 0.416 e. The summed E-state index contributed by atoms with van der Waals surface area (Å²) in [5, 5.41) is 11.5. The van der Waals surface area contributed by atoms with Crippen LogP contribution in [0.2, 0.25) is 0 Å². The molecule has 11 heteroatoms. The Labute approximate surface area is 214 Å². The van der Waals surface area contributed by atoms with Gasteiger partial charge in [-0.25, -0.2) is 0 Å². The maximum atomic E-state index is 12.8. The van der Waals surface area contributed by atoms with E-state index in [0.29, 0.717) is 39.3 Å². The Kier molecular flexibility index (Phi) is 8.11. The predicted octanol–water partition coefficient (Wildman–Crippen LogP) is 4.30. The molecule has 1 aliphatic heterocycles. The lowest BCUT2D eigenvalue weighted by molar-refractivity contribution is -0.137. The van der Waals surface area contributed by atoms with Gasteiger partial charge in [-0.1, -0.05) is 6.07 Å². The van der Waals surface area contributed by atoms with Crippen molar-refractivity contribution < 1.29 is 22.7 Å². The SMILES string of the molecule is Cc1c(OCCCn2ncnn2)ccc([C@@H](C)N2CCN(C(=O)c3ccc(C(F)(F)F)cc3)CC2)c1C. The van der Waals surface area contributed by atoms with Crippen LogP contribution in [0.3, 0.4) is 0 Å². The fourth-order valence-corrected chi connectivity index (χ4v) is 4.60.